The minimum absolute atomic E-state index is 0.140. The van der Waals surface area contributed by atoms with Gasteiger partial charge in [0.05, 0.1) is 11.9 Å². The summed E-state index contributed by atoms with van der Waals surface area (Å²) in [5.74, 6) is -1.06. The number of hydrogen-bond donors (Lipinski definition) is 1. The van der Waals surface area contributed by atoms with E-state index in [2.05, 4.69) is 5.32 Å². The highest BCUT2D eigenvalue weighted by Gasteiger charge is 2.33. The molecule has 1 atom stereocenters. The third kappa shape index (κ3) is 8.20. The maximum absolute atomic E-state index is 13.6. The van der Waals surface area contributed by atoms with Gasteiger partial charge in [0.1, 0.15) is 12.6 Å². The molecule has 0 saturated carbocycles. The van der Waals surface area contributed by atoms with Crippen molar-refractivity contribution in [3.8, 4) is 0 Å². The van der Waals surface area contributed by atoms with E-state index in [-0.39, 0.29) is 23.9 Å². The SMILES string of the molecule is CCC(C(=O)NC(C)(C)C)N(Cc1ccccc1)C(=O)CN(c1cccc(C(C)=O)c1)S(C)(=O)=O. The van der Waals surface area contributed by atoms with Gasteiger partial charge in [-0.3, -0.25) is 18.7 Å². The third-order valence-electron chi connectivity index (χ3n) is 5.30. The van der Waals surface area contributed by atoms with E-state index in [1.165, 1.54) is 24.0 Å². The lowest BCUT2D eigenvalue weighted by Crippen LogP contribution is -2.55. The molecule has 2 rings (SSSR count). The van der Waals surface area contributed by atoms with Crippen molar-refractivity contribution in [2.75, 3.05) is 17.1 Å². The molecule has 0 bridgehead atoms. The van der Waals surface area contributed by atoms with Gasteiger partial charge >= 0.3 is 0 Å². The maximum Gasteiger partial charge on any atom is 0.244 e. The maximum atomic E-state index is 13.6. The van der Waals surface area contributed by atoms with Gasteiger partial charge in [0.2, 0.25) is 21.8 Å². The van der Waals surface area contributed by atoms with Crippen molar-refractivity contribution in [1.29, 1.82) is 0 Å². The molecule has 2 aromatic rings. The number of ketones is 1. The summed E-state index contributed by atoms with van der Waals surface area (Å²) >= 11 is 0. The molecule has 0 heterocycles. The first-order valence-corrected chi connectivity index (χ1v) is 13.3. The first-order chi connectivity index (χ1) is 16.2. The minimum atomic E-state index is -3.87. The highest BCUT2D eigenvalue weighted by atomic mass is 32.2. The summed E-state index contributed by atoms with van der Waals surface area (Å²) < 4.78 is 26.3. The molecule has 2 aromatic carbocycles. The van der Waals surface area contributed by atoms with Crippen LogP contribution in [0.5, 0.6) is 0 Å². The number of nitrogens with one attached hydrogen (secondary N) is 1. The van der Waals surface area contributed by atoms with Crippen molar-refractivity contribution in [2.45, 2.75) is 59.2 Å². The summed E-state index contributed by atoms with van der Waals surface area (Å²) in [6.07, 6.45) is 1.35. The fourth-order valence-electron chi connectivity index (χ4n) is 3.65. The van der Waals surface area contributed by atoms with Gasteiger partial charge in [0, 0.05) is 17.6 Å². The second kappa shape index (κ2) is 11.5. The summed E-state index contributed by atoms with van der Waals surface area (Å²) in [5.41, 5.74) is 0.853. The minimum Gasteiger partial charge on any atom is -0.350 e. The van der Waals surface area contributed by atoms with Crippen molar-refractivity contribution in [1.82, 2.24) is 10.2 Å². The van der Waals surface area contributed by atoms with Gasteiger partial charge < -0.3 is 10.2 Å². The standard InChI is InChI=1S/C26H35N3O5S/c1-7-23(25(32)27-26(3,4)5)28(17-20-12-9-8-10-13-20)24(31)18-29(35(6,33)34)22-15-11-14-21(16-22)19(2)30/h8-16,23H,7,17-18H2,1-6H3,(H,27,32). The van der Waals surface area contributed by atoms with Gasteiger partial charge in [-0.15, -0.1) is 0 Å². The van der Waals surface area contributed by atoms with E-state index in [1.54, 1.807) is 12.1 Å². The molecule has 35 heavy (non-hydrogen) atoms. The second-order valence-corrected chi connectivity index (χ2v) is 11.5. The molecule has 9 heteroatoms. The first-order valence-electron chi connectivity index (χ1n) is 11.5. The number of hydrogen-bond acceptors (Lipinski definition) is 5. The Morgan fingerprint density at radius 2 is 1.63 bits per heavy atom. The zero-order valence-electron chi connectivity index (χ0n) is 21.2. The van der Waals surface area contributed by atoms with Gasteiger partial charge in [-0.05, 0) is 51.8 Å². The molecule has 1 N–H and O–H groups in total. The van der Waals surface area contributed by atoms with Crippen LogP contribution in [0.1, 0.15) is 57.0 Å². The zero-order chi connectivity index (χ0) is 26.4. The normalized spacial score (nSPS) is 12.5. The summed E-state index contributed by atoms with van der Waals surface area (Å²) in [6, 6.07) is 14.6. The smallest absolute Gasteiger partial charge is 0.244 e. The van der Waals surface area contributed by atoms with Crippen LogP contribution < -0.4 is 9.62 Å². The topological polar surface area (TPSA) is 104 Å². The number of carbonyl (C=O) groups excluding carboxylic acids is 3. The van der Waals surface area contributed by atoms with Crippen molar-refractivity contribution in [3.05, 3.63) is 65.7 Å². The molecule has 8 nitrogen and oxygen atoms in total. The Kier molecular flexibility index (Phi) is 9.20. The summed E-state index contributed by atoms with van der Waals surface area (Å²) in [5, 5.41) is 2.92. The Morgan fingerprint density at radius 1 is 1.00 bits per heavy atom. The third-order valence-corrected chi connectivity index (χ3v) is 6.44. The predicted molar refractivity (Wildman–Crippen MR) is 138 cm³/mol. The van der Waals surface area contributed by atoms with Crippen LogP contribution in [0.25, 0.3) is 0 Å². The fraction of sp³-hybridized carbons (Fsp3) is 0.423. The molecule has 0 saturated heterocycles. The number of anilines is 1. The Hall–Kier alpha value is -3.20. The lowest BCUT2D eigenvalue weighted by Gasteiger charge is -2.34. The van der Waals surface area contributed by atoms with Crippen molar-refractivity contribution in [2.24, 2.45) is 0 Å². The highest BCUT2D eigenvalue weighted by Crippen LogP contribution is 2.21. The number of Topliss-reactive ketones (excluding diaryl/α,β-unsaturated/α-hetero) is 1. The van der Waals surface area contributed by atoms with Crippen LogP contribution in [0, 0.1) is 0 Å². The second-order valence-electron chi connectivity index (χ2n) is 9.55. The van der Waals surface area contributed by atoms with Crippen molar-refractivity contribution < 1.29 is 22.8 Å². The Balaban J connectivity index is 2.47. The Bertz CT molecular complexity index is 1160. The number of rotatable bonds is 10. The molecule has 2 amide bonds. The van der Waals surface area contributed by atoms with E-state index < -0.39 is 34.1 Å². The Morgan fingerprint density at radius 3 is 2.14 bits per heavy atom. The monoisotopic (exact) mass is 501 g/mol. The number of nitrogens with zero attached hydrogens (tertiary/aromatic N) is 2. The van der Waals surface area contributed by atoms with Crippen LogP contribution in [0.3, 0.4) is 0 Å². The molecule has 0 aromatic heterocycles. The molecular weight excluding hydrogens is 466 g/mol. The van der Waals surface area contributed by atoms with Crippen LogP contribution in [-0.4, -0.2) is 55.3 Å². The van der Waals surface area contributed by atoms with E-state index in [9.17, 15) is 22.8 Å². The molecule has 0 aliphatic carbocycles. The lowest BCUT2D eigenvalue weighted by atomic mass is 10.1. The molecule has 0 radical (unpaired) electrons. The number of amides is 2. The number of carbonyl (C=O) groups is 3. The van der Waals surface area contributed by atoms with Gasteiger partial charge in [-0.25, -0.2) is 8.42 Å². The fourth-order valence-corrected chi connectivity index (χ4v) is 4.49. The molecule has 1 unspecified atom stereocenters. The quantitative estimate of drug-likeness (QED) is 0.503. The lowest BCUT2D eigenvalue weighted by molar-refractivity contribution is -0.141. The Labute approximate surface area is 208 Å². The van der Waals surface area contributed by atoms with Gasteiger partial charge in [0.15, 0.2) is 5.78 Å². The number of benzene rings is 2. The summed E-state index contributed by atoms with van der Waals surface area (Å²) in [7, 11) is -3.87. The van der Waals surface area contributed by atoms with Crippen LogP contribution in [0.2, 0.25) is 0 Å². The molecule has 0 spiro atoms. The first kappa shape index (κ1) is 28.0. The largest absolute Gasteiger partial charge is 0.350 e. The van der Waals surface area contributed by atoms with E-state index in [0.29, 0.717) is 12.0 Å². The highest BCUT2D eigenvalue weighted by molar-refractivity contribution is 7.92. The van der Waals surface area contributed by atoms with E-state index >= 15 is 0 Å². The zero-order valence-corrected chi connectivity index (χ0v) is 22.1. The van der Waals surface area contributed by atoms with E-state index in [4.69, 9.17) is 0 Å². The average Bonchev–Trinajstić information content (AvgIpc) is 2.76. The van der Waals surface area contributed by atoms with Crippen LogP contribution in [0.15, 0.2) is 54.6 Å². The van der Waals surface area contributed by atoms with Gasteiger partial charge in [-0.2, -0.15) is 0 Å². The van der Waals surface area contributed by atoms with Crippen LogP contribution >= 0.6 is 0 Å². The molecule has 0 aliphatic heterocycles. The average molecular weight is 502 g/mol. The molecular formula is C26H35N3O5S. The predicted octanol–water partition coefficient (Wildman–Crippen LogP) is 3.38. The molecule has 190 valence electrons. The van der Waals surface area contributed by atoms with Crippen molar-refractivity contribution >= 4 is 33.3 Å². The molecule has 0 fully saturated rings. The van der Waals surface area contributed by atoms with Gasteiger partial charge in [0.25, 0.3) is 0 Å². The van der Waals surface area contributed by atoms with Crippen LogP contribution in [0.4, 0.5) is 5.69 Å². The van der Waals surface area contributed by atoms with E-state index in [1.807, 2.05) is 58.0 Å². The van der Waals surface area contributed by atoms with Crippen molar-refractivity contribution in [3.63, 3.8) is 0 Å². The van der Waals surface area contributed by atoms with Gasteiger partial charge in [-0.1, -0.05) is 49.4 Å². The van der Waals surface area contributed by atoms with E-state index in [0.717, 1.165) is 16.1 Å². The summed E-state index contributed by atoms with van der Waals surface area (Å²) in [6.45, 7) is 8.39. The summed E-state index contributed by atoms with van der Waals surface area (Å²) in [4.78, 5) is 40.0. The van der Waals surface area contributed by atoms with Crippen LogP contribution in [-0.2, 0) is 26.2 Å². The molecule has 0 aliphatic rings. The number of sulfonamides is 1.